The largest absolute Gasteiger partial charge is 0.491 e. The Bertz CT molecular complexity index is 919. The van der Waals surface area contributed by atoms with E-state index in [9.17, 15) is 0 Å². The molecule has 0 N–H and O–H groups in total. The molecule has 2 aromatic carbocycles. The maximum absolute atomic E-state index is 5.96. The van der Waals surface area contributed by atoms with Gasteiger partial charge in [-0.25, -0.2) is 0 Å². The average molecular weight is 398 g/mol. The summed E-state index contributed by atoms with van der Waals surface area (Å²) in [7, 11) is 1.73. The summed E-state index contributed by atoms with van der Waals surface area (Å²) in [5.41, 5.74) is 1.11. The molecule has 0 bridgehead atoms. The van der Waals surface area contributed by atoms with Gasteiger partial charge in [0.1, 0.15) is 5.82 Å². The molecule has 0 saturated carbocycles. The molecule has 1 fully saturated rings. The van der Waals surface area contributed by atoms with Crippen LogP contribution in [0, 0.1) is 0 Å². The van der Waals surface area contributed by atoms with Crippen LogP contribution >= 0.6 is 11.5 Å². The summed E-state index contributed by atoms with van der Waals surface area (Å²) in [6.07, 6.45) is 2.17. The smallest absolute Gasteiger partial charge is 0.184 e. The molecule has 1 aliphatic rings. The topological polar surface area (TPSA) is 37.8 Å². The molecule has 4 rings (SSSR count). The second-order valence-corrected chi connectivity index (χ2v) is 7.79. The van der Waals surface area contributed by atoms with Gasteiger partial charge in [0.2, 0.25) is 0 Å². The predicted octanol–water partition coefficient (Wildman–Crippen LogP) is 4.81. The van der Waals surface area contributed by atoms with E-state index in [0.717, 1.165) is 68.6 Å². The van der Waals surface area contributed by atoms with Gasteiger partial charge in [-0.1, -0.05) is 31.5 Å². The maximum Gasteiger partial charge on any atom is 0.184 e. The molecule has 0 spiro atoms. The highest BCUT2D eigenvalue weighted by atomic mass is 32.1. The number of nitrogens with zero attached hydrogens (tertiary/aromatic N) is 3. The number of piperazine rings is 1. The first-order valence-corrected chi connectivity index (χ1v) is 10.7. The van der Waals surface area contributed by atoms with Crippen molar-refractivity contribution in [3.8, 4) is 11.5 Å². The van der Waals surface area contributed by atoms with Crippen LogP contribution in [0.1, 0.15) is 19.8 Å². The van der Waals surface area contributed by atoms with E-state index in [1.165, 1.54) is 10.1 Å². The lowest BCUT2D eigenvalue weighted by atomic mass is 10.2. The van der Waals surface area contributed by atoms with E-state index in [1.54, 1.807) is 18.6 Å². The highest BCUT2D eigenvalue weighted by molar-refractivity contribution is 7.13. The second-order valence-electron chi connectivity index (χ2n) is 6.99. The average Bonchev–Trinajstić information content (AvgIpc) is 3.18. The van der Waals surface area contributed by atoms with Gasteiger partial charge in [-0.15, -0.1) is 0 Å². The standard InChI is InChI=1S/C22H27N3O2S/c1-3-4-16-27-19-10-7-9-18(21(19)26-2)24-12-14-25(15-13-24)22-17-8-5-6-11-20(17)28-23-22/h5-11H,3-4,12-16H2,1-2H3. The monoisotopic (exact) mass is 397 g/mol. The summed E-state index contributed by atoms with van der Waals surface area (Å²) in [5, 5.41) is 1.25. The normalized spacial score (nSPS) is 14.5. The molecule has 0 radical (unpaired) electrons. The summed E-state index contributed by atoms with van der Waals surface area (Å²) in [5.74, 6) is 2.79. The van der Waals surface area contributed by atoms with E-state index >= 15 is 0 Å². The van der Waals surface area contributed by atoms with Crippen LogP contribution in [0.5, 0.6) is 11.5 Å². The van der Waals surface area contributed by atoms with Gasteiger partial charge in [-0.05, 0) is 42.2 Å². The number of unbranched alkanes of at least 4 members (excludes halogenated alkanes) is 1. The van der Waals surface area contributed by atoms with Crippen LogP contribution in [-0.2, 0) is 0 Å². The van der Waals surface area contributed by atoms with E-state index in [-0.39, 0.29) is 0 Å². The Morgan fingerprint density at radius 2 is 1.79 bits per heavy atom. The maximum atomic E-state index is 5.96. The molecule has 0 amide bonds. The second kappa shape index (κ2) is 8.69. The SMILES string of the molecule is CCCCOc1cccc(N2CCN(c3nsc4ccccc34)CC2)c1OC. The van der Waals surface area contributed by atoms with Crippen LogP contribution in [-0.4, -0.2) is 44.3 Å². The quantitative estimate of drug-likeness (QED) is 0.535. The van der Waals surface area contributed by atoms with Gasteiger partial charge in [0.05, 0.1) is 24.1 Å². The number of hydrogen-bond acceptors (Lipinski definition) is 6. The van der Waals surface area contributed by atoms with Gasteiger partial charge in [-0.3, -0.25) is 0 Å². The zero-order chi connectivity index (χ0) is 19.3. The molecule has 0 aliphatic carbocycles. The molecule has 1 saturated heterocycles. The van der Waals surface area contributed by atoms with Crippen molar-refractivity contribution in [3.63, 3.8) is 0 Å². The van der Waals surface area contributed by atoms with Gasteiger partial charge in [0.15, 0.2) is 11.5 Å². The van der Waals surface area contributed by atoms with Crippen LogP contribution in [0.25, 0.3) is 10.1 Å². The molecule has 0 atom stereocenters. The van der Waals surface area contributed by atoms with Crippen molar-refractivity contribution in [3.05, 3.63) is 42.5 Å². The van der Waals surface area contributed by atoms with Crippen LogP contribution < -0.4 is 19.3 Å². The highest BCUT2D eigenvalue weighted by Gasteiger charge is 2.23. The lowest BCUT2D eigenvalue weighted by molar-refractivity contribution is 0.288. The Balaban J connectivity index is 1.48. The fourth-order valence-corrected chi connectivity index (χ4v) is 4.45. The number of ether oxygens (including phenoxy) is 2. The van der Waals surface area contributed by atoms with E-state index in [2.05, 4.69) is 53.1 Å². The summed E-state index contributed by atoms with van der Waals surface area (Å²) in [6, 6.07) is 14.6. The molecule has 28 heavy (non-hydrogen) atoms. The summed E-state index contributed by atoms with van der Waals surface area (Å²) < 4.78 is 17.6. The minimum Gasteiger partial charge on any atom is -0.491 e. The van der Waals surface area contributed by atoms with Gasteiger partial charge in [0, 0.05) is 31.6 Å². The first-order valence-electron chi connectivity index (χ1n) is 9.96. The first-order chi connectivity index (χ1) is 13.8. The van der Waals surface area contributed by atoms with Gasteiger partial charge >= 0.3 is 0 Å². The summed E-state index contributed by atoms with van der Waals surface area (Å²) in [6.45, 7) is 6.64. The van der Waals surface area contributed by atoms with Crippen molar-refractivity contribution in [1.82, 2.24) is 4.37 Å². The lowest BCUT2D eigenvalue weighted by Gasteiger charge is -2.37. The Hall–Kier alpha value is -2.47. The number of benzene rings is 2. The fraction of sp³-hybridized carbons (Fsp3) is 0.409. The Morgan fingerprint density at radius 3 is 2.57 bits per heavy atom. The number of para-hydroxylation sites is 1. The molecule has 5 nitrogen and oxygen atoms in total. The van der Waals surface area contributed by atoms with Gasteiger partial charge < -0.3 is 19.3 Å². The fourth-order valence-electron chi connectivity index (χ4n) is 3.66. The molecular weight excluding hydrogens is 370 g/mol. The van der Waals surface area contributed by atoms with E-state index < -0.39 is 0 Å². The number of methoxy groups -OCH3 is 1. The number of fused-ring (bicyclic) bond motifs is 1. The molecule has 148 valence electrons. The molecule has 0 unspecified atom stereocenters. The van der Waals surface area contributed by atoms with Gasteiger partial charge in [0.25, 0.3) is 0 Å². The number of anilines is 2. The van der Waals surface area contributed by atoms with Crippen molar-refractivity contribution in [1.29, 1.82) is 0 Å². The summed E-state index contributed by atoms with van der Waals surface area (Å²) in [4.78, 5) is 4.78. The van der Waals surface area contributed by atoms with Crippen molar-refractivity contribution >= 4 is 33.1 Å². The third-order valence-corrected chi connectivity index (χ3v) is 6.01. The number of rotatable bonds is 7. The van der Waals surface area contributed by atoms with Crippen LogP contribution in [0.3, 0.4) is 0 Å². The Labute approximate surface area is 170 Å². The molecular formula is C22H27N3O2S. The lowest BCUT2D eigenvalue weighted by Crippen LogP contribution is -2.46. The van der Waals surface area contributed by atoms with E-state index in [1.807, 2.05) is 6.07 Å². The minimum atomic E-state index is 0.723. The van der Waals surface area contributed by atoms with E-state index in [0.29, 0.717) is 0 Å². The zero-order valence-corrected chi connectivity index (χ0v) is 17.4. The van der Waals surface area contributed by atoms with Crippen LogP contribution in [0.15, 0.2) is 42.5 Å². The first kappa shape index (κ1) is 18.9. The highest BCUT2D eigenvalue weighted by Crippen LogP contribution is 2.38. The van der Waals surface area contributed by atoms with Crippen molar-refractivity contribution in [2.45, 2.75) is 19.8 Å². The minimum absolute atomic E-state index is 0.723. The predicted molar refractivity (Wildman–Crippen MR) is 117 cm³/mol. The molecule has 6 heteroatoms. The Morgan fingerprint density at radius 1 is 1.00 bits per heavy atom. The third kappa shape index (κ3) is 3.74. The van der Waals surface area contributed by atoms with Gasteiger partial charge in [-0.2, -0.15) is 4.37 Å². The van der Waals surface area contributed by atoms with Crippen LogP contribution in [0.2, 0.25) is 0 Å². The third-order valence-electron chi connectivity index (χ3n) is 5.20. The molecule has 1 aliphatic heterocycles. The van der Waals surface area contributed by atoms with Crippen molar-refractivity contribution in [2.24, 2.45) is 0 Å². The van der Waals surface area contributed by atoms with E-state index in [4.69, 9.17) is 13.8 Å². The molecule has 2 heterocycles. The molecule has 1 aromatic heterocycles. The summed E-state index contributed by atoms with van der Waals surface area (Å²) >= 11 is 1.58. The molecule has 3 aromatic rings. The Kier molecular flexibility index (Phi) is 5.86. The number of aromatic nitrogens is 1. The van der Waals surface area contributed by atoms with Crippen LogP contribution in [0.4, 0.5) is 11.5 Å². The zero-order valence-electron chi connectivity index (χ0n) is 16.6. The van der Waals surface area contributed by atoms with Crippen molar-refractivity contribution < 1.29 is 9.47 Å². The van der Waals surface area contributed by atoms with Crippen molar-refractivity contribution in [2.75, 3.05) is 49.7 Å². The number of hydrogen-bond donors (Lipinski definition) is 0.